The summed E-state index contributed by atoms with van der Waals surface area (Å²) in [6.07, 6.45) is 3.30. The molecule has 2 unspecified atom stereocenters. The zero-order valence-corrected chi connectivity index (χ0v) is 11.4. The standard InChI is InChI=1S/C14H21NO4/c1-3-17-14(16)11(2)12(10-15)7-9-19-13-6-4-5-8-18-13/h12-13H,2-9H2,1H3. The third-order valence-corrected chi connectivity index (χ3v) is 2.96. The maximum Gasteiger partial charge on any atom is 0.334 e. The fourth-order valence-electron chi connectivity index (χ4n) is 1.84. The first-order chi connectivity index (χ1) is 9.19. The summed E-state index contributed by atoms with van der Waals surface area (Å²) in [6.45, 7) is 6.72. The van der Waals surface area contributed by atoms with E-state index < -0.39 is 11.9 Å². The Hall–Kier alpha value is -1.38. The monoisotopic (exact) mass is 267 g/mol. The third-order valence-electron chi connectivity index (χ3n) is 2.96. The van der Waals surface area contributed by atoms with Crippen molar-refractivity contribution in [3.8, 4) is 6.07 Å². The number of hydrogen-bond donors (Lipinski definition) is 0. The van der Waals surface area contributed by atoms with Crippen LogP contribution in [0.4, 0.5) is 0 Å². The quantitative estimate of drug-likeness (QED) is 0.522. The van der Waals surface area contributed by atoms with E-state index in [1.54, 1.807) is 6.92 Å². The Kier molecular flexibility index (Phi) is 7.16. The topological polar surface area (TPSA) is 68.6 Å². The molecule has 1 aliphatic heterocycles. The van der Waals surface area contributed by atoms with Gasteiger partial charge in [0.1, 0.15) is 0 Å². The molecule has 106 valence electrons. The number of nitriles is 1. The molecular weight excluding hydrogens is 246 g/mol. The lowest BCUT2D eigenvalue weighted by molar-refractivity contribution is -0.163. The van der Waals surface area contributed by atoms with Gasteiger partial charge in [-0.3, -0.25) is 0 Å². The molecule has 1 fully saturated rings. The fraction of sp³-hybridized carbons (Fsp3) is 0.714. The largest absolute Gasteiger partial charge is 0.463 e. The first kappa shape index (κ1) is 15.7. The van der Waals surface area contributed by atoms with Crippen molar-refractivity contribution in [2.45, 2.75) is 38.9 Å². The smallest absolute Gasteiger partial charge is 0.334 e. The highest BCUT2D eigenvalue weighted by Crippen LogP contribution is 2.17. The van der Waals surface area contributed by atoms with E-state index in [0.717, 1.165) is 25.9 Å². The van der Waals surface area contributed by atoms with Crippen molar-refractivity contribution in [2.75, 3.05) is 19.8 Å². The average Bonchev–Trinajstić information content (AvgIpc) is 2.44. The van der Waals surface area contributed by atoms with Crippen molar-refractivity contribution in [3.63, 3.8) is 0 Å². The van der Waals surface area contributed by atoms with E-state index in [2.05, 4.69) is 12.6 Å². The van der Waals surface area contributed by atoms with Crippen LogP contribution in [0.3, 0.4) is 0 Å². The molecule has 0 bridgehead atoms. The van der Waals surface area contributed by atoms with Crippen LogP contribution in [-0.2, 0) is 19.0 Å². The van der Waals surface area contributed by atoms with Crippen LogP contribution in [0.1, 0.15) is 32.6 Å². The molecule has 0 spiro atoms. The predicted octanol–water partition coefficient (Wildman–Crippen LogP) is 2.18. The zero-order chi connectivity index (χ0) is 14.1. The van der Waals surface area contributed by atoms with Gasteiger partial charge in [-0.2, -0.15) is 5.26 Å². The van der Waals surface area contributed by atoms with Gasteiger partial charge in [0.05, 0.1) is 25.2 Å². The van der Waals surface area contributed by atoms with Gasteiger partial charge in [-0.25, -0.2) is 4.79 Å². The highest BCUT2D eigenvalue weighted by Gasteiger charge is 2.21. The zero-order valence-electron chi connectivity index (χ0n) is 11.4. The molecule has 0 aromatic heterocycles. The Morgan fingerprint density at radius 3 is 2.95 bits per heavy atom. The highest BCUT2D eigenvalue weighted by atomic mass is 16.7. The Balaban J connectivity index is 2.30. The maximum absolute atomic E-state index is 11.5. The Bertz CT molecular complexity index is 342. The lowest BCUT2D eigenvalue weighted by Gasteiger charge is -2.23. The molecule has 5 nitrogen and oxygen atoms in total. The van der Waals surface area contributed by atoms with Gasteiger partial charge < -0.3 is 14.2 Å². The van der Waals surface area contributed by atoms with Gasteiger partial charge in [0, 0.05) is 12.2 Å². The van der Waals surface area contributed by atoms with Crippen molar-refractivity contribution < 1.29 is 19.0 Å². The molecule has 1 saturated heterocycles. The third kappa shape index (κ3) is 5.41. The summed E-state index contributed by atoms with van der Waals surface area (Å²) < 4.78 is 15.8. The van der Waals surface area contributed by atoms with Gasteiger partial charge in [-0.15, -0.1) is 0 Å². The minimum atomic E-state index is -0.567. The molecule has 0 saturated carbocycles. The molecule has 0 amide bonds. The van der Waals surface area contributed by atoms with E-state index in [0.29, 0.717) is 13.0 Å². The first-order valence-corrected chi connectivity index (χ1v) is 6.67. The molecule has 0 aromatic rings. The summed E-state index contributed by atoms with van der Waals surface area (Å²) >= 11 is 0. The van der Waals surface area contributed by atoms with Gasteiger partial charge in [0.15, 0.2) is 6.29 Å². The van der Waals surface area contributed by atoms with Crippen molar-refractivity contribution in [1.29, 1.82) is 5.26 Å². The Labute approximate surface area is 114 Å². The van der Waals surface area contributed by atoms with Crippen LogP contribution in [-0.4, -0.2) is 32.1 Å². The first-order valence-electron chi connectivity index (χ1n) is 6.67. The van der Waals surface area contributed by atoms with E-state index in [-0.39, 0.29) is 18.5 Å². The van der Waals surface area contributed by atoms with Crippen molar-refractivity contribution >= 4 is 5.97 Å². The van der Waals surface area contributed by atoms with E-state index in [4.69, 9.17) is 19.5 Å². The summed E-state index contributed by atoms with van der Waals surface area (Å²) in [5.41, 5.74) is 0.192. The van der Waals surface area contributed by atoms with E-state index >= 15 is 0 Å². The van der Waals surface area contributed by atoms with E-state index in [1.807, 2.05) is 0 Å². The second-order valence-corrected chi connectivity index (χ2v) is 4.38. The number of carbonyl (C=O) groups is 1. The molecule has 5 heteroatoms. The number of carbonyl (C=O) groups excluding carboxylic acids is 1. The van der Waals surface area contributed by atoms with Crippen LogP contribution in [0.5, 0.6) is 0 Å². The summed E-state index contributed by atoms with van der Waals surface area (Å²) in [5.74, 6) is -1.08. The van der Waals surface area contributed by atoms with Crippen LogP contribution in [0, 0.1) is 17.2 Å². The van der Waals surface area contributed by atoms with E-state index in [1.165, 1.54) is 0 Å². The molecule has 0 aromatic carbocycles. The molecule has 1 aliphatic rings. The van der Waals surface area contributed by atoms with Crippen molar-refractivity contribution in [1.82, 2.24) is 0 Å². The maximum atomic E-state index is 11.5. The van der Waals surface area contributed by atoms with Crippen LogP contribution < -0.4 is 0 Å². The summed E-state index contributed by atoms with van der Waals surface area (Å²) in [7, 11) is 0. The second-order valence-electron chi connectivity index (χ2n) is 4.38. The number of rotatable bonds is 7. The van der Waals surface area contributed by atoms with Crippen molar-refractivity contribution in [3.05, 3.63) is 12.2 Å². The number of nitrogens with zero attached hydrogens (tertiary/aromatic N) is 1. The molecule has 0 radical (unpaired) electrons. The predicted molar refractivity (Wildman–Crippen MR) is 69.0 cm³/mol. The van der Waals surface area contributed by atoms with Gasteiger partial charge in [0.25, 0.3) is 0 Å². The fourth-order valence-corrected chi connectivity index (χ4v) is 1.84. The molecule has 19 heavy (non-hydrogen) atoms. The minimum Gasteiger partial charge on any atom is -0.463 e. The van der Waals surface area contributed by atoms with Gasteiger partial charge in [-0.05, 0) is 32.6 Å². The highest BCUT2D eigenvalue weighted by molar-refractivity contribution is 5.88. The van der Waals surface area contributed by atoms with Crippen LogP contribution >= 0.6 is 0 Å². The van der Waals surface area contributed by atoms with Gasteiger partial charge in [0.2, 0.25) is 0 Å². The lowest BCUT2D eigenvalue weighted by atomic mass is 9.99. The van der Waals surface area contributed by atoms with Crippen LogP contribution in [0.25, 0.3) is 0 Å². The number of ether oxygens (including phenoxy) is 3. The normalized spacial score (nSPS) is 20.3. The molecular formula is C14H21NO4. The van der Waals surface area contributed by atoms with Crippen molar-refractivity contribution in [2.24, 2.45) is 5.92 Å². The molecule has 1 heterocycles. The summed E-state index contributed by atoms with van der Waals surface area (Å²) in [6, 6.07) is 2.06. The van der Waals surface area contributed by atoms with Gasteiger partial charge >= 0.3 is 5.97 Å². The van der Waals surface area contributed by atoms with Crippen LogP contribution in [0.15, 0.2) is 12.2 Å². The summed E-state index contributed by atoms with van der Waals surface area (Å²) in [4.78, 5) is 11.5. The minimum absolute atomic E-state index is 0.177. The number of esters is 1. The average molecular weight is 267 g/mol. The Morgan fingerprint density at radius 1 is 1.58 bits per heavy atom. The van der Waals surface area contributed by atoms with Crippen LogP contribution in [0.2, 0.25) is 0 Å². The Morgan fingerprint density at radius 2 is 2.37 bits per heavy atom. The van der Waals surface area contributed by atoms with E-state index in [9.17, 15) is 4.79 Å². The SMILES string of the molecule is C=C(C(=O)OCC)C(C#N)CCOC1CCCCO1. The number of hydrogen-bond acceptors (Lipinski definition) is 5. The molecule has 0 N–H and O–H groups in total. The molecule has 2 atom stereocenters. The lowest BCUT2D eigenvalue weighted by Crippen LogP contribution is -2.24. The molecule has 0 aliphatic carbocycles. The molecule has 1 rings (SSSR count). The van der Waals surface area contributed by atoms with Gasteiger partial charge in [-0.1, -0.05) is 6.58 Å². The second kappa shape index (κ2) is 8.68. The summed E-state index contributed by atoms with van der Waals surface area (Å²) in [5, 5.41) is 9.05.